The first kappa shape index (κ1) is 21.3. The zero-order valence-corrected chi connectivity index (χ0v) is 17.5. The summed E-state index contributed by atoms with van der Waals surface area (Å²) in [5.74, 6) is 0.705. The van der Waals surface area contributed by atoms with Crippen molar-refractivity contribution in [2.24, 2.45) is 0 Å². The van der Waals surface area contributed by atoms with Gasteiger partial charge in [-0.25, -0.2) is 9.18 Å². The van der Waals surface area contributed by atoms with Gasteiger partial charge in [-0.2, -0.15) is 0 Å². The summed E-state index contributed by atoms with van der Waals surface area (Å²) in [7, 11) is 2.92. The van der Waals surface area contributed by atoms with Crippen LogP contribution in [0.2, 0.25) is 0 Å². The van der Waals surface area contributed by atoms with Crippen molar-refractivity contribution in [1.29, 1.82) is 0 Å². The Morgan fingerprint density at radius 3 is 2.40 bits per heavy atom. The minimum atomic E-state index is -0.870. The molecule has 1 aromatic heterocycles. The summed E-state index contributed by atoms with van der Waals surface area (Å²) in [5.41, 5.74) is 1.59. The number of nitrogens with one attached hydrogen (secondary N) is 1. The molecule has 7 nitrogen and oxygen atoms in total. The molecule has 0 aliphatic rings. The summed E-state index contributed by atoms with van der Waals surface area (Å²) in [6.07, 6.45) is -0.943. The van der Waals surface area contributed by atoms with Crippen molar-refractivity contribution in [3.63, 3.8) is 0 Å². The summed E-state index contributed by atoms with van der Waals surface area (Å²) in [6, 6.07) is 7.98. The lowest BCUT2D eigenvalue weighted by atomic mass is 10.0. The van der Waals surface area contributed by atoms with E-state index in [9.17, 15) is 9.18 Å². The molecule has 1 heterocycles. The number of benzene rings is 2. The van der Waals surface area contributed by atoms with Gasteiger partial charge in [-0.05, 0) is 44.5 Å². The van der Waals surface area contributed by atoms with Crippen LogP contribution in [-0.4, -0.2) is 38.1 Å². The third-order valence-electron chi connectivity index (χ3n) is 4.30. The van der Waals surface area contributed by atoms with E-state index < -0.39 is 12.0 Å². The van der Waals surface area contributed by atoms with Crippen LogP contribution in [0.5, 0.6) is 23.1 Å². The minimum Gasteiger partial charge on any atom is -0.494 e. The monoisotopic (exact) mass is 417 g/mol. The molecule has 0 amide bonds. The number of hydrogen-bond donors (Lipinski definition) is 1. The van der Waals surface area contributed by atoms with Gasteiger partial charge in [-0.15, -0.1) is 0 Å². The summed E-state index contributed by atoms with van der Waals surface area (Å²) in [6.45, 7) is 5.64. The Bertz CT molecular complexity index is 1060. The van der Waals surface area contributed by atoms with Gasteiger partial charge in [0.05, 0.1) is 38.0 Å². The molecule has 0 aliphatic carbocycles. The first-order valence-electron chi connectivity index (χ1n) is 9.46. The molecular formula is C22H24FNO6. The molecule has 160 valence electrons. The van der Waals surface area contributed by atoms with Gasteiger partial charge in [0.1, 0.15) is 0 Å². The van der Waals surface area contributed by atoms with E-state index in [1.54, 1.807) is 25.1 Å². The number of aromatic amines is 1. The highest BCUT2D eigenvalue weighted by molar-refractivity contribution is 6.01. The van der Waals surface area contributed by atoms with Crippen molar-refractivity contribution >= 4 is 17.1 Å². The van der Waals surface area contributed by atoms with Crippen LogP contribution in [0.15, 0.2) is 30.3 Å². The molecule has 0 saturated carbocycles. The normalized spacial score (nSPS) is 10.9. The Morgan fingerprint density at radius 1 is 1.07 bits per heavy atom. The number of rotatable bonds is 7. The number of halogens is 1. The second-order valence-electron chi connectivity index (χ2n) is 6.68. The van der Waals surface area contributed by atoms with Crippen molar-refractivity contribution in [2.45, 2.75) is 26.9 Å². The van der Waals surface area contributed by atoms with Crippen LogP contribution in [0.25, 0.3) is 22.0 Å². The molecule has 0 radical (unpaired) electrons. The Labute approximate surface area is 173 Å². The van der Waals surface area contributed by atoms with E-state index in [0.29, 0.717) is 33.5 Å². The molecule has 0 aliphatic heterocycles. The van der Waals surface area contributed by atoms with Crippen LogP contribution >= 0.6 is 0 Å². The van der Waals surface area contributed by atoms with Gasteiger partial charge in [-0.3, -0.25) is 0 Å². The number of carbonyl (C=O) groups excluding carboxylic acids is 1. The van der Waals surface area contributed by atoms with Crippen LogP contribution in [0.3, 0.4) is 0 Å². The highest BCUT2D eigenvalue weighted by Crippen LogP contribution is 2.43. The predicted octanol–water partition coefficient (Wildman–Crippen LogP) is 5.31. The minimum absolute atomic E-state index is 0.0725. The number of ether oxygens (including phenoxy) is 5. The second kappa shape index (κ2) is 8.94. The number of aromatic nitrogens is 1. The average Bonchev–Trinajstić information content (AvgIpc) is 3.03. The summed E-state index contributed by atoms with van der Waals surface area (Å²) in [4.78, 5) is 15.0. The maximum atomic E-state index is 14.4. The van der Waals surface area contributed by atoms with E-state index in [4.69, 9.17) is 23.7 Å². The number of fused-ring (bicyclic) bond motifs is 1. The molecular weight excluding hydrogens is 393 g/mol. The topological polar surface area (TPSA) is 79.0 Å². The fraction of sp³-hybridized carbons (Fsp3) is 0.318. The Kier molecular flexibility index (Phi) is 6.34. The molecule has 8 heteroatoms. The lowest BCUT2D eigenvalue weighted by Crippen LogP contribution is -2.10. The molecule has 3 rings (SSSR count). The lowest BCUT2D eigenvalue weighted by Gasteiger charge is -2.14. The van der Waals surface area contributed by atoms with Gasteiger partial charge in [0.15, 0.2) is 23.1 Å². The summed E-state index contributed by atoms with van der Waals surface area (Å²) in [5, 5.41) is 0.659. The Morgan fingerprint density at radius 2 is 1.80 bits per heavy atom. The summed E-state index contributed by atoms with van der Waals surface area (Å²) >= 11 is 0. The second-order valence-corrected chi connectivity index (χ2v) is 6.68. The quantitative estimate of drug-likeness (QED) is 0.525. The molecule has 30 heavy (non-hydrogen) atoms. The van der Waals surface area contributed by atoms with Gasteiger partial charge in [0.2, 0.25) is 5.88 Å². The van der Waals surface area contributed by atoms with E-state index in [-0.39, 0.29) is 24.3 Å². The van der Waals surface area contributed by atoms with Crippen LogP contribution in [-0.2, 0) is 4.74 Å². The highest BCUT2D eigenvalue weighted by atomic mass is 19.1. The molecule has 0 bridgehead atoms. The van der Waals surface area contributed by atoms with Crippen molar-refractivity contribution in [3.8, 4) is 34.3 Å². The molecule has 0 fully saturated rings. The standard InChI is InChI=1S/C22H24FNO6/c1-6-28-22(25)30-21-20(13-7-8-17(26-4)15(23)9-13)14-10-18(27-5)19(29-12(2)3)11-16(14)24-21/h7-12,24H,6H2,1-5H3. The summed E-state index contributed by atoms with van der Waals surface area (Å²) < 4.78 is 40.9. The molecule has 0 unspecified atom stereocenters. The third kappa shape index (κ3) is 4.27. The van der Waals surface area contributed by atoms with Crippen molar-refractivity contribution in [2.75, 3.05) is 20.8 Å². The lowest BCUT2D eigenvalue weighted by molar-refractivity contribution is 0.103. The third-order valence-corrected chi connectivity index (χ3v) is 4.30. The number of carbonyl (C=O) groups is 1. The zero-order chi connectivity index (χ0) is 21.8. The number of H-pyrrole nitrogens is 1. The SMILES string of the molecule is CCOC(=O)Oc1[nH]c2cc(OC(C)C)c(OC)cc2c1-c1ccc(OC)c(F)c1. The zero-order valence-electron chi connectivity index (χ0n) is 17.5. The molecule has 0 saturated heterocycles. The number of methoxy groups -OCH3 is 2. The molecule has 0 atom stereocenters. The maximum Gasteiger partial charge on any atom is 0.515 e. The number of hydrogen-bond acceptors (Lipinski definition) is 6. The van der Waals surface area contributed by atoms with Crippen LogP contribution < -0.4 is 18.9 Å². The average molecular weight is 417 g/mol. The van der Waals surface area contributed by atoms with E-state index in [0.717, 1.165) is 0 Å². The van der Waals surface area contributed by atoms with Crippen LogP contribution in [0.1, 0.15) is 20.8 Å². The fourth-order valence-electron chi connectivity index (χ4n) is 3.10. The molecule has 0 spiro atoms. The molecule has 3 aromatic rings. The first-order chi connectivity index (χ1) is 14.4. The van der Waals surface area contributed by atoms with Crippen molar-refractivity contribution in [3.05, 3.63) is 36.1 Å². The van der Waals surface area contributed by atoms with Crippen molar-refractivity contribution < 1.29 is 32.9 Å². The van der Waals surface area contributed by atoms with E-state index in [2.05, 4.69) is 4.98 Å². The fourth-order valence-corrected chi connectivity index (χ4v) is 3.10. The van der Waals surface area contributed by atoms with Crippen LogP contribution in [0.4, 0.5) is 9.18 Å². The van der Waals surface area contributed by atoms with Gasteiger partial charge in [0.25, 0.3) is 0 Å². The Balaban J connectivity index is 2.22. The van der Waals surface area contributed by atoms with Gasteiger partial charge in [0, 0.05) is 11.5 Å². The first-order valence-corrected chi connectivity index (χ1v) is 9.46. The smallest absolute Gasteiger partial charge is 0.494 e. The Hall–Kier alpha value is -3.42. The van der Waals surface area contributed by atoms with E-state index in [1.165, 1.54) is 26.4 Å². The van der Waals surface area contributed by atoms with Gasteiger partial charge >= 0.3 is 6.16 Å². The molecule has 2 aromatic carbocycles. The maximum absolute atomic E-state index is 14.4. The molecule has 1 N–H and O–H groups in total. The van der Waals surface area contributed by atoms with E-state index in [1.807, 2.05) is 13.8 Å². The largest absolute Gasteiger partial charge is 0.515 e. The van der Waals surface area contributed by atoms with Crippen molar-refractivity contribution in [1.82, 2.24) is 4.98 Å². The van der Waals surface area contributed by atoms with Crippen LogP contribution in [0, 0.1) is 5.82 Å². The predicted molar refractivity (Wildman–Crippen MR) is 110 cm³/mol. The highest BCUT2D eigenvalue weighted by Gasteiger charge is 2.22. The van der Waals surface area contributed by atoms with Gasteiger partial charge in [-0.1, -0.05) is 6.07 Å². The van der Waals surface area contributed by atoms with Gasteiger partial charge < -0.3 is 28.7 Å². The van der Waals surface area contributed by atoms with E-state index >= 15 is 0 Å².